The Bertz CT molecular complexity index is 354. The van der Waals surface area contributed by atoms with Crippen LogP contribution < -0.4 is 5.32 Å². The van der Waals surface area contributed by atoms with Gasteiger partial charge in [-0.2, -0.15) is 5.10 Å². The molecule has 0 spiro atoms. The second kappa shape index (κ2) is 6.29. The molecule has 1 fully saturated rings. The predicted molar refractivity (Wildman–Crippen MR) is 72.4 cm³/mol. The quantitative estimate of drug-likeness (QED) is 0.860. The third-order valence-electron chi connectivity index (χ3n) is 3.49. The first kappa shape index (κ1) is 13.5. The first-order valence-electron chi connectivity index (χ1n) is 6.97. The average molecular weight is 251 g/mol. The van der Waals surface area contributed by atoms with Gasteiger partial charge in [-0.15, -0.1) is 0 Å². The zero-order valence-corrected chi connectivity index (χ0v) is 11.8. The Labute approximate surface area is 110 Å². The van der Waals surface area contributed by atoms with Crippen molar-refractivity contribution in [2.75, 3.05) is 20.1 Å². The molecule has 5 nitrogen and oxygen atoms in total. The zero-order valence-electron chi connectivity index (χ0n) is 11.8. The summed E-state index contributed by atoms with van der Waals surface area (Å²) < 4.78 is 2.00. The minimum atomic E-state index is 0.378. The normalized spacial score (nSPS) is 20.8. The molecule has 1 aliphatic rings. The fourth-order valence-corrected chi connectivity index (χ4v) is 2.58. The van der Waals surface area contributed by atoms with Crippen LogP contribution in [0.3, 0.4) is 0 Å². The molecule has 0 aliphatic carbocycles. The molecule has 1 aromatic heterocycles. The van der Waals surface area contributed by atoms with E-state index in [1.165, 1.54) is 25.8 Å². The summed E-state index contributed by atoms with van der Waals surface area (Å²) in [5, 5.41) is 7.86. The van der Waals surface area contributed by atoms with E-state index in [1.807, 2.05) is 4.68 Å². The number of nitrogens with zero attached hydrogens (tertiary/aromatic N) is 4. The lowest BCUT2D eigenvalue weighted by atomic mass is 10.0. The van der Waals surface area contributed by atoms with E-state index in [4.69, 9.17) is 0 Å². The third kappa shape index (κ3) is 3.53. The van der Waals surface area contributed by atoms with Crippen molar-refractivity contribution in [2.45, 2.75) is 51.7 Å². The van der Waals surface area contributed by atoms with E-state index in [1.54, 1.807) is 6.33 Å². The van der Waals surface area contributed by atoms with Crippen LogP contribution in [0.2, 0.25) is 0 Å². The standard InChI is InChI=1S/C13H25N5/c1-11(2)18-13(15-10-16-18)9-17(3)8-12-6-4-5-7-14-12/h10-12,14H,4-9H2,1-3H3. The first-order valence-corrected chi connectivity index (χ1v) is 6.97. The van der Waals surface area contributed by atoms with Crippen molar-refractivity contribution in [1.82, 2.24) is 25.0 Å². The van der Waals surface area contributed by atoms with Gasteiger partial charge in [-0.25, -0.2) is 9.67 Å². The van der Waals surface area contributed by atoms with Gasteiger partial charge in [0, 0.05) is 18.6 Å². The molecule has 5 heteroatoms. The molecule has 0 aromatic carbocycles. The second-order valence-electron chi connectivity index (χ2n) is 5.56. The van der Waals surface area contributed by atoms with Crippen LogP contribution in [0.15, 0.2) is 6.33 Å². The molecule has 1 unspecified atom stereocenters. The van der Waals surface area contributed by atoms with Crippen molar-refractivity contribution in [2.24, 2.45) is 0 Å². The lowest BCUT2D eigenvalue weighted by molar-refractivity contribution is 0.246. The molecule has 1 aliphatic heterocycles. The first-order chi connectivity index (χ1) is 8.66. The fraction of sp³-hybridized carbons (Fsp3) is 0.846. The highest BCUT2D eigenvalue weighted by molar-refractivity contribution is 4.87. The number of aromatic nitrogens is 3. The molecule has 1 N–H and O–H groups in total. The molecule has 2 heterocycles. The van der Waals surface area contributed by atoms with Gasteiger partial charge in [0.05, 0.1) is 6.54 Å². The summed E-state index contributed by atoms with van der Waals surface area (Å²) in [6.07, 6.45) is 5.62. The Morgan fingerprint density at radius 1 is 1.50 bits per heavy atom. The zero-order chi connectivity index (χ0) is 13.0. The van der Waals surface area contributed by atoms with Crippen molar-refractivity contribution < 1.29 is 0 Å². The molecule has 1 atom stereocenters. The highest BCUT2D eigenvalue weighted by Gasteiger charge is 2.16. The summed E-state index contributed by atoms with van der Waals surface area (Å²) in [7, 11) is 2.16. The molecule has 1 aromatic rings. The van der Waals surface area contributed by atoms with Crippen molar-refractivity contribution in [1.29, 1.82) is 0 Å². The molecule has 0 amide bonds. The maximum absolute atomic E-state index is 4.36. The SMILES string of the molecule is CC(C)n1ncnc1CN(C)CC1CCCCN1. The predicted octanol–water partition coefficient (Wildman–Crippen LogP) is 1.43. The Hall–Kier alpha value is -0.940. The van der Waals surface area contributed by atoms with Crippen LogP contribution in [0.1, 0.15) is 45.0 Å². The lowest BCUT2D eigenvalue weighted by Gasteiger charge is -2.28. The van der Waals surface area contributed by atoms with Crippen molar-refractivity contribution in [3.63, 3.8) is 0 Å². The molecular formula is C13H25N5. The van der Waals surface area contributed by atoms with E-state index < -0.39 is 0 Å². The molecule has 102 valence electrons. The minimum Gasteiger partial charge on any atom is -0.313 e. The van der Waals surface area contributed by atoms with Crippen LogP contribution in [0.5, 0.6) is 0 Å². The number of nitrogens with one attached hydrogen (secondary N) is 1. The van der Waals surface area contributed by atoms with E-state index in [0.717, 1.165) is 18.9 Å². The molecule has 0 bridgehead atoms. The fourth-order valence-electron chi connectivity index (χ4n) is 2.58. The van der Waals surface area contributed by atoms with Gasteiger partial charge >= 0.3 is 0 Å². The summed E-state index contributed by atoms with van der Waals surface area (Å²) in [5.41, 5.74) is 0. The summed E-state index contributed by atoms with van der Waals surface area (Å²) in [6.45, 7) is 7.41. The molecule has 2 rings (SSSR count). The van der Waals surface area contributed by atoms with Crippen molar-refractivity contribution in [3.8, 4) is 0 Å². The third-order valence-corrected chi connectivity index (χ3v) is 3.49. The van der Waals surface area contributed by atoms with Crippen LogP contribution in [-0.2, 0) is 6.54 Å². The van der Waals surface area contributed by atoms with Gasteiger partial charge in [-0.3, -0.25) is 4.90 Å². The molecule has 0 saturated carbocycles. The van der Waals surface area contributed by atoms with Crippen LogP contribution in [0.4, 0.5) is 0 Å². The number of hydrogen-bond donors (Lipinski definition) is 1. The number of piperidine rings is 1. The van der Waals surface area contributed by atoms with E-state index >= 15 is 0 Å². The van der Waals surface area contributed by atoms with Gasteiger partial charge in [0.1, 0.15) is 12.2 Å². The van der Waals surface area contributed by atoms with Gasteiger partial charge in [0.25, 0.3) is 0 Å². The molecule has 1 saturated heterocycles. The van der Waals surface area contributed by atoms with Crippen molar-refractivity contribution in [3.05, 3.63) is 12.2 Å². The molecular weight excluding hydrogens is 226 g/mol. The Morgan fingerprint density at radius 2 is 2.33 bits per heavy atom. The highest BCUT2D eigenvalue weighted by atomic mass is 15.4. The lowest BCUT2D eigenvalue weighted by Crippen LogP contribution is -2.42. The Morgan fingerprint density at radius 3 is 3.00 bits per heavy atom. The smallest absolute Gasteiger partial charge is 0.141 e. The van der Waals surface area contributed by atoms with Crippen LogP contribution >= 0.6 is 0 Å². The van der Waals surface area contributed by atoms with E-state index in [-0.39, 0.29) is 0 Å². The van der Waals surface area contributed by atoms with Gasteiger partial charge in [0.15, 0.2) is 0 Å². The maximum Gasteiger partial charge on any atom is 0.141 e. The Balaban J connectivity index is 1.86. The number of rotatable bonds is 5. The van der Waals surface area contributed by atoms with Gasteiger partial charge in [-0.05, 0) is 40.3 Å². The maximum atomic E-state index is 4.36. The monoisotopic (exact) mass is 251 g/mol. The van der Waals surface area contributed by atoms with Crippen LogP contribution in [-0.4, -0.2) is 45.8 Å². The number of likely N-dealkylation sites (N-methyl/N-ethyl adjacent to an activating group) is 1. The number of hydrogen-bond acceptors (Lipinski definition) is 4. The Kier molecular flexibility index (Phi) is 4.72. The van der Waals surface area contributed by atoms with Gasteiger partial charge in [0.2, 0.25) is 0 Å². The van der Waals surface area contributed by atoms with Gasteiger partial charge in [-0.1, -0.05) is 6.42 Å². The van der Waals surface area contributed by atoms with Crippen molar-refractivity contribution >= 4 is 0 Å². The van der Waals surface area contributed by atoms with E-state index in [9.17, 15) is 0 Å². The van der Waals surface area contributed by atoms with E-state index in [2.05, 4.69) is 41.2 Å². The summed E-state index contributed by atoms with van der Waals surface area (Å²) in [4.78, 5) is 6.70. The molecule has 0 radical (unpaired) electrons. The second-order valence-corrected chi connectivity index (χ2v) is 5.56. The average Bonchev–Trinajstić information content (AvgIpc) is 2.78. The minimum absolute atomic E-state index is 0.378. The summed E-state index contributed by atoms with van der Waals surface area (Å²) in [6, 6.07) is 1.02. The topological polar surface area (TPSA) is 46.0 Å². The molecule has 18 heavy (non-hydrogen) atoms. The largest absolute Gasteiger partial charge is 0.313 e. The highest BCUT2D eigenvalue weighted by Crippen LogP contribution is 2.11. The summed E-state index contributed by atoms with van der Waals surface area (Å²) >= 11 is 0. The van der Waals surface area contributed by atoms with Crippen LogP contribution in [0.25, 0.3) is 0 Å². The summed E-state index contributed by atoms with van der Waals surface area (Å²) in [5.74, 6) is 1.06. The van der Waals surface area contributed by atoms with Crippen LogP contribution in [0, 0.1) is 0 Å². The van der Waals surface area contributed by atoms with Gasteiger partial charge < -0.3 is 5.32 Å². The van der Waals surface area contributed by atoms with E-state index in [0.29, 0.717) is 12.1 Å².